The van der Waals surface area contributed by atoms with E-state index >= 15 is 0 Å². The Bertz CT molecular complexity index is 1080. The van der Waals surface area contributed by atoms with Crippen LogP contribution in [-0.4, -0.2) is 71.5 Å². The van der Waals surface area contributed by atoms with Crippen molar-refractivity contribution in [1.82, 2.24) is 14.8 Å². The summed E-state index contributed by atoms with van der Waals surface area (Å²) in [6.45, 7) is 2.33. The number of halogens is 1. The highest BCUT2D eigenvalue weighted by molar-refractivity contribution is 7.88. The lowest BCUT2D eigenvalue weighted by atomic mass is 10.2. The van der Waals surface area contributed by atoms with E-state index in [0.717, 1.165) is 5.56 Å². The number of benzene rings is 1. The Kier molecular flexibility index (Phi) is 6.68. The van der Waals surface area contributed by atoms with Gasteiger partial charge in [0.05, 0.1) is 22.7 Å². The van der Waals surface area contributed by atoms with Crippen LogP contribution in [0.5, 0.6) is 0 Å². The van der Waals surface area contributed by atoms with Crippen LogP contribution >= 0.6 is 11.6 Å². The number of amides is 2. The van der Waals surface area contributed by atoms with Crippen molar-refractivity contribution in [1.29, 1.82) is 0 Å². The summed E-state index contributed by atoms with van der Waals surface area (Å²) >= 11 is 5.89. The van der Waals surface area contributed by atoms with E-state index in [1.807, 2.05) is 12.1 Å². The van der Waals surface area contributed by atoms with Crippen molar-refractivity contribution in [3.8, 4) is 0 Å². The third-order valence-corrected chi connectivity index (χ3v) is 9.21. The maximum absolute atomic E-state index is 13.1. The summed E-state index contributed by atoms with van der Waals surface area (Å²) in [6.07, 6.45) is 1.36. The Morgan fingerprint density at radius 1 is 1.15 bits per heavy atom. The quantitative estimate of drug-likeness (QED) is 0.490. The van der Waals surface area contributed by atoms with Crippen molar-refractivity contribution in [2.24, 2.45) is 0 Å². The Balaban J connectivity index is 1.43. The van der Waals surface area contributed by atoms with Gasteiger partial charge in [-0.05, 0) is 49.6 Å². The van der Waals surface area contributed by atoms with Gasteiger partial charge < -0.3 is 25.0 Å². The lowest BCUT2D eigenvalue weighted by Crippen LogP contribution is -2.51. The second kappa shape index (κ2) is 9.21. The van der Waals surface area contributed by atoms with E-state index in [1.165, 1.54) is 0 Å². The molecule has 0 saturated heterocycles. The molecule has 178 valence electrons. The van der Waals surface area contributed by atoms with Gasteiger partial charge >= 0.3 is 0 Å². The largest absolute Gasteiger partial charge is 0.395 e. The normalized spacial score (nSPS) is 18.1. The number of rotatable bonds is 9. The minimum atomic E-state index is -1.49. The lowest BCUT2D eigenvalue weighted by molar-refractivity contribution is 0.0698. The van der Waals surface area contributed by atoms with Crippen molar-refractivity contribution in [3.63, 3.8) is 0 Å². The molecule has 1 fully saturated rings. The number of fused-ring (bicyclic) bond motifs is 1. The molecule has 4 rings (SSSR count). The van der Waals surface area contributed by atoms with Crippen LogP contribution in [0.3, 0.4) is 0 Å². The van der Waals surface area contributed by atoms with Crippen molar-refractivity contribution in [2.75, 3.05) is 26.3 Å². The summed E-state index contributed by atoms with van der Waals surface area (Å²) in [6, 6.07) is 10.5. The minimum absolute atomic E-state index is 0.212. The number of nitrogens with zero attached hydrogens (tertiary/aromatic N) is 2. The molecule has 1 unspecified atom stereocenters. The number of hydrogen-bond acceptors (Lipinski definition) is 5. The van der Waals surface area contributed by atoms with Crippen LogP contribution in [0.15, 0.2) is 36.4 Å². The molecule has 2 heterocycles. The van der Waals surface area contributed by atoms with Gasteiger partial charge in [-0.25, -0.2) is 0 Å². The number of carbonyl (C=O) groups is 2. The van der Waals surface area contributed by atoms with Gasteiger partial charge in [0.15, 0.2) is 0 Å². The van der Waals surface area contributed by atoms with Gasteiger partial charge in [0.1, 0.15) is 11.4 Å². The summed E-state index contributed by atoms with van der Waals surface area (Å²) in [5.74, 6) is -0.477. The SMILES string of the molecule is CC(CO)(CO)S(=O)C1(CN2CCn3c(C(=O)NCc4ccc(Cl)cc4)ccc3C2=O)CC1. The molecule has 8 nitrogen and oxygen atoms in total. The van der Waals surface area contributed by atoms with E-state index in [0.29, 0.717) is 55.4 Å². The molecule has 1 saturated carbocycles. The van der Waals surface area contributed by atoms with Crippen LogP contribution in [0, 0.1) is 0 Å². The van der Waals surface area contributed by atoms with Gasteiger partial charge in [-0.3, -0.25) is 13.8 Å². The van der Waals surface area contributed by atoms with Crippen LogP contribution in [-0.2, 0) is 23.9 Å². The molecule has 1 aromatic carbocycles. The van der Waals surface area contributed by atoms with Crippen LogP contribution in [0.1, 0.15) is 46.3 Å². The first-order valence-electron chi connectivity index (χ1n) is 10.9. The predicted octanol–water partition coefficient (Wildman–Crippen LogP) is 1.55. The van der Waals surface area contributed by atoms with E-state index < -0.39 is 20.3 Å². The monoisotopic (exact) mass is 493 g/mol. The maximum Gasteiger partial charge on any atom is 0.270 e. The van der Waals surface area contributed by atoms with Gasteiger partial charge in [0.25, 0.3) is 11.8 Å². The molecule has 2 aliphatic rings. The number of nitrogens with one attached hydrogen (secondary N) is 1. The van der Waals surface area contributed by atoms with E-state index in [-0.39, 0.29) is 25.0 Å². The van der Waals surface area contributed by atoms with Gasteiger partial charge in [-0.1, -0.05) is 23.7 Å². The second-order valence-electron chi connectivity index (χ2n) is 9.01. The van der Waals surface area contributed by atoms with E-state index in [1.54, 1.807) is 40.7 Å². The highest BCUT2D eigenvalue weighted by atomic mass is 35.5. The van der Waals surface area contributed by atoms with Gasteiger partial charge in [-0.2, -0.15) is 0 Å². The van der Waals surface area contributed by atoms with Crippen LogP contribution < -0.4 is 5.32 Å². The molecular weight excluding hydrogens is 466 g/mol. The molecule has 33 heavy (non-hydrogen) atoms. The van der Waals surface area contributed by atoms with Gasteiger partial charge in [-0.15, -0.1) is 0 Å². The standard InChI is InChI=1S/C23H28ClN3O5S/c1-22(14-28,15-29)33(32)23(8-9-23)13-26-10-11-27-18(6-7-19(27)21(26)31)20(30)25-12-16-2-4-17(24)5-3-16/h2-7,28-29H,8-15H2,1H3,(H,25,30). The Morgan fingerprint density at radius 3 is 2.42 bits per heavy atom. The summed E-state index contributed by atoms with van der Waals surface area (Å²) in [5.41, 5.74) is 1.76. The fraction of sp³-hybridized carbons (Fsp3) is 0.478. The highest BCUT2D eigenvalue weighted by Gasteiger charge is 2.56. The molecule has 0 bridgehead atoms. The first-order chi connectivity index (χ1) is 15.7. The molecule has 2 aromatic rings. The third kappa shape index (κ3) is 4.59. The second-order valence-corrected chi connectivity index (χ2v) is 11.8. The van der Waals surface area contributed by atoms with Crippen molar-refractivity contribution in [2.45, 2.75) is 42.3 Å². The molecule has 10 heteroatoms. The lowest BCUT2D eigenvalue weighted by Gasteiger charge is -2.35. The fourth-order valence-electron chi connectivity index (χ4n) is 4.18. The molecule has 0 spiro atoms. The average Bonchev–Trinajstić information content (AvgIpc) is 3.48. The summed E-state index contributed by atoms with van der Waals surface area (Å²) < 4.78 is 13.1. The maximum atomic E-state index is 13.1. The van der Waals surface area contributed by atoms with E-state index in [9.17, 15) is 24.0 Å². The highest BCUT2D eigenvalue weighted by Crippen LogP contribution is 2.46. The topological polar surface area (TPSA) is 112 Å². The zero-order valence-corrected chi connectivity index (χ0v) is 20.0. The third-order valence-electron chi connectivity index (χ3n) is 6.48. The Morgan fingerprint density at radius 2 is 1.82 bits per heavy atom. The van der Waals surface area contributed by atoms with Crippen LogP contribution in [0.25, 0.3) is 0 Å². The molecule has 0 radical (unpaired) electrons. The first-order valence-corrected chi connectivity index (χ1v) is 12.4. The molecule has 2 amide bonds. The van der Waals surface area contributed by atoms with Gasteiger partial charge in [0.2, 0.25) is 0 Å². The number of aliphatic hydroxyl groups is 2. The number of carbonyl (C=O) groups excluding carboxylic acids is 2. The Labute approximate surface area is 200 Å². The van der Waals surface area contributed by atoms with Crippen molar-refractivity contribution < 1.29 is 24.0 Å². The molecule has 1 aliphatic carbocycles. The van der Waals surface area contributed by atoms with Crippen molar-refractivity contribution >= 4 is 34.2 Å². The van der Waals surface area contributed by atoms with E-state index in [4.69, 9.17) is 11.6 Å². The first kappa shape index (κ1) is 23.9. The minimum Gasteiger partial charge on any atom is -0.395 e. The summed E-state index contributed by atoms with van der Waals surface area (Å²) in [7, 11) is -1.49. The average molecular weight is 494 g/mol. The summed E-state index contributed by atoms with van der Waals surface area (Å²) in [4.78, 5) is 27.6. The number of hydrogen-bond donors (Lipinski definition) is 3. The zero-order valence-electron chi connectivity index (χ0n) is 18.4. The molecule has 1 aromatic heterocycles. The van der Waals surface area contributed by atoms with Crippen molar-refractivity contribution in [3.05, 3.63) is 58.4 Å². The van der Waals surface area contributed by atoms with Gasteiger partial charge in [0, 0.05) is 42.0 Å². The van der Waals surface area contributed by atoms with Crippen LogP contribution in [0.2, 0.25) is 5.02 Å². The van der Waals surface area contributed by atoms with E-state index in [2.05, 4.69) is 5.32 Å². The Hall–Kier alpha value is -2.20. The molecular formula is C23H28ClN3O5S. The number of aliphatic hydroxyl groups excluding tert-OH is 2. The molecule has 3 N–H and O–H groups in total. The summed E-state index contributed by atoms with van der Waals surface area (Å²) in [5, 5.41) is 22.8. The predicted molar refractivity (Wildman–Crippen MR) is 126 cm³/mol. The molecule has 1 atom stereocenters. The fourth-order valence-corrected chi connectivity index (χ4v) is 6.33. The zero-order chi connectivity index (χ0) is 23.8. The number of aromatic nitrogens is 1. The van der Waals surface area contributed by atoms with Crippen LogP contribution in [0.4, 0.5) is 0 Å². The smallest absolute Gasteiger partial charge is 0.270 e. The molecule has 1 aliphatic heterocycles.